The summed E-state index contributed by atoms with van der Waals surface area (Å²) in [7, 11) is 0. The first kappa shape index (κ1) is 46.9. The van der Waals surface area contributed by atoms with Crippen LogP contribution in [0.3, 0.4) is 0 Å². The first-order valence-electron chi connectivity index (χ1n) is 18.7. The number of carbonyl (C=O) groups is 10. The minimum Gasteiger partial charge on any atom is -0.493 e. The molecule has 2 aliphatic heterocycles. The number of nitrogens with one attached hydrogen (secondary N) is 2. The van der Waals surface area contributed by atoms with E-state index in [2.05, 4.69) is 16.4 Å². The smallest absolute Gasteiger partial charge is 0.266 e. The highest BCUT2D eigenvalue weighted by Gasteiger charge is 2.46. The number of aldehydes is 1. The van der Waals surface area contributed by atoms with E-state index in [1.54, 1.807) is 39.0 Å². The Morgan fingerprint density at radius 1 is 0.965 bits per heavy atom. The molecule has 17 heteroatoms. The summed E-state index contributed by atoms with van der Waals surface area (Å²) in [6, 6.07) is 7.08. The average molecular weight is 794 g/mol. The molecule has 308 valence electrons. The average Bonchev–Trinajstić information content (AvgIpc) is 3.45. The van der Waals surface area contributed by atoms with Gasteiger partial charge in [0.2, 0.25) is 24.6 Å². The summed E-state index contributed by atoms with van der Waals surface area (Å²) in [5, 5.41) is 4.92. The number of primary amides is 1. The zero-order chi connectivity index (χ0) is 42.7. The Morgan fingerprint density at radius 2 is 1.63 bits per heavy atom. The van der Waals surface area contributed by atoms with E-state index in [9.17, 15) is 43.2 Å². The lowest BCUT2D eigenvalue weighted by atomic mass is 9.96. The number of unbranched alkanes of at least 4 members (excludes halogenated alkanes) is 2. The summed E-state index contributed by atoms with van der Waals surface area (Å²) in [6.45, 7) is 9.13. The molecule has 2 unspecified atom stereocenters. The summed E-state index contributed by atoms with van der Waals surface area (Å²) in [5.74, 6) is -3.87. The molecule has 2 aromatic rings. The number of hydrogen-bond acceptors (Lipinski definition) is 12. The van der Waals surface area contributed by atoms with Gasteiger partial charge >= 0.3 is 0 Å². The third-order valence-corrected chi connectivity index (χ3v) is 8.84. The van der Waals surface area contributed by atoms with Crippen LogP contribution in [0, 0.1) is 12.8 Å². The minimum absolute atomic E-state index is 0.00104. The van der Waals surface area contributed by atoms with Gasteiger partial charge in [0.1, 0.15) is 23.8 Å². The highest BCUT2D eigenvalue weighted by Crippen LogP contribution is 2.34. The van der Waals surface area contributed by atoms with Crippen molar-refractivity contribution in [2.75, 3.05) is 19.8 Å². The van der Waals surface area contributed by atoms with E-state index in [1.165, 1.54) is 18.2 Å². The molecule has 0 saturated carbocycles. The second-order valence-electron chi connectivity index (χ2n) is 12.9. The summed E-state index contributed by atoms with van der Waals surface area (Å²) in [5.41, 5.74) is 4.86. The van der Waals surface area contributed by atoms with E-state index in [0.717, 1.165) is 9.80 Å². The van der Waals surface area contributed by atoms with Crippen molar-refractivity contribution in [1.82, 2.24) is 20.4 Å². The van der Waals surface area contributed by atoms with Gasteiger partial charge in [-0.3, -0.25) is 58.3 Å². The molecule has 1 fully saturated rings. The Morgan fingerprint density at radius 3 is 2.26 bits per heavy atom. The quantitative estimate of drug-likeness (QED) is 0.106. The fourth-order valence-corrected chi connectivity index (χ4v) is 6.05. The van der Waals surface area contributed by atoms with Gasteiger partial charge in [-0.2, -0.15) is 0 Å². The third kappa shape index (κ3) is 12.4. The Kier molecular flexibility index (Phi) is 19.4. The highest BCUT2D eigenvalue weighted by molar-refractivity contribution is 6.24. The fourth-order valence-electron chi connectivity index (χ4n) is 6.05. The van der Waals surface area contributed by atoms with E-state index in [0.29, 0.717) is 44.1 Å². The van der Waals surface area contributed by atoms with E-state index in [1.807, 2.05) is 13.8 Å². The number of ether oxygens (including phenoxy) is 2. The van der Waals surface area contributed by atoms with Crippen LogP contribution >= 0.6 is 0 Å². The molecular formula is C40H51N5O12. The van der Waals surface area contributed by atoms with Crippen LogP contribution in [0.2, 0.25) is 0 Å². The number of benzene rings is 2. The summed E-state index contributed by atoms with van der Waals surface area (Å²) < 4.78 is 11.5. The van der Waals surface area contributed by atoms with Crippen LogP contribution in [0.5, 0.6) is 11.5 Å². The van der Waals surface area contributed by atoms with Crippen molar-refractivity contribution in [3.05, 3.63) is 58.7 Å². The van der Waals surface area contributed by atoms with E-state index in [4.69, 9.17) is 14.3 Å². The second kappa shape index (κ2) is 23.6. The molecule has 0 aliphatic carbocycles. The van der Waals surface area contributed by atoms with E-state index < -0.39 is 53.4 Å². The molecule has 2 aromatic carbocycles. The lowest BCUT2D eigenvalue weighted by Gasteiger charge is -2.27. The molecule has 8 amide bonds. The van der Waals surface area contributed by atoms with Crippen molar-refractivity contribution in [3.8, 4) is 11.5 Å². The number of ketones is 1. The molecule has 57 heavy (non-hydrogen) atoms. The molecule has 0 radical (unpaired) electrons. The summed E-state index contributed by atoms with van der Waals surface area (Å²) in [4.78, 5) is 122. The third-order valence-electron chi connectivity index (χ3n) is 8.84. The number of nitrogens with two attached hydrogens (primary N) is 1. The molecule has 2 atom stereocenters. The van der Waals surface area contributed by atoms with Crippen molar-refractivity contribution < 1.29 is 57.4 Å². The maximum atomic E-state index is 13.4. The number of rotatable bonds is 19. The van der Waals surface area contributed by atoms with Gasteiger partial charge in [0.05, 0.1) is 23.8 Å². The summed E-state index contributed by atoms with van der Waals surface area (Å²) in [6.07, 6.45) is 3.10. The number of Topliss-reactive ketones (excluding diaryl/α,β-unsaturated/α-hetero) is 1. The SMILES string of the molecule is CC.Cc1c(OCC(=O)NCCCCCOc2cccc3c2C(=O)N(C2CCC(=O)NC2=O)C3=O)cccc1C(=O)N(C=O)C(CCC=O)C(=O)C(C)C.NC=O. The van der Waals surface area contributed by atoms with Gasteiger partial charge in [-0.15, -0.1) is 0 Å². The maximum Gasteiger partial charge on any atom is 0.266 e. The molecule has 1 saturated heterocycles. The van der Waals surface area contributed by atoms with Crippen LogP contribution in [0.1, 0.15) is 109 Å². The van der Waals surface area contributed by atoms with Crippen molar-refractivity contribution in [2.45, 2.75) is 91.6 Å². The molecule has 0 spiro atoms. The largest absolute Gasteiger partial charge is 0.493 e. The Balaban J connectivity index is 0.00000214. The van der Waals surface area contributed by atoms with Gasteiger partial charge in [-0.1, -0.05) is 39.8 Å². The monoisotopic (exact) mass is 793 g/mol. The lowest BCUT2D eigenvalue weighted by molar-refractivity contribution is -0.136. The van der Waals surface area contributed by atoms with Crippen molar-refractivity contribution in [3.63, 3.8) is 0 Å². The molecule has 4 N–H and O–H groups in total. The van der Waals surface area contributed by atoms with Crippen molar-refractivity contribution >= 4 is 60.3 Å². The van der Waals surface area contributed by atoms with Crippen LogP contribution in [-0.2, 0) is 33.6 Å². The summed E-state index contributed by atoms with van der Waals surface area (Å²) >= 11 is 0. The van der Waals surface area contributed by atoms with Crippen molar-refractivity contribution in [2.24, 2.45) is 11.7 Å². The van der Waals surface area contributed by atoms with Gasteiger partial charge in [-0.25, -0.2) is 0 Å². The number of nitrogens with zero attached hydrogens (tertiary/aromatic N) is 2. The minimum atomic E-state index is -1.09. The Hall–Kier alpha value is -6.26. The Bertz CT molecular complexity index is 1810. The molecular weight excluding hydrogens is 742 g/mol. The van der Waals surface area contributed by atoms with Gasteiger partial charge in [0.15, 0.2) is 12.4 Å². The molecule has 0 bridgehead atoms. The Labute approximate surface area is 331 Å². The van der Waals surface area contributed by atoms with Crippen LogP contribution in [0.4, 0.5) is 0 Å². The fraction of sp³-hybridized carbons (Fsp3) is 0.450. The number of piperidine rings is 1. The number of amides is 8. The number of hydrogen-bond donors (Lipinski definition) is 3. The van der Waals surface area contributed by atoms with Crippen LogP contribution in [0.25, 0.3) is 0 Å². The standard InChI is InChI=1S/C37H42N4O11.C2H6.CH3NO/c1-22(2)33(46)26(12-9-18-42)40(21-43)35(48)24-10-7-13-28(23(24)3)52-20-31(45)38-17-5-4-6-19-51-29-14-8-11-25-32(29)37(50)41(36(25)49)27-15-16-30(44)39-34(27)47;1-2;2-1-3/h7-8,10-11,13-14,18,21-22,26-27H,4-6,9,12,15-17,19-20H2,1-3H3,(H,38,45)(H,39,44,47);1-2H3;1H,(H2,2,3). The zero-order valence-corrected chi connectivity index (χ0v) is 32.9. The zero-order valence-electron chi connectivity index (χ0n) is 32.9. The molecule has 0 aromatic heterocycles. The van der Waals surface area contributed by atoms with E-state index >= 15 is 0 Å². The van der Waals surface area contributed by atoms with Gasteiger partial charge in [-0.05, 0) is 63.3 Å². The van der Waals surface area contributed by atoms with E-state index in [-0.39, 0.29) is 79.3 Å². The predicted octanol–water partition coefficient (Wildman–Crippen LogP) is 2.44. The predicted molar refractivity (Wildman–Crippen MR) is 205 cm³/mol. The molecule has 17 nitrogen and oxygen atoms in total. The molecule has 2 aliphatic rings. The number of carbonyl (C=O) groups excluding carboxylic acids is 10. The highest BCUT2D eigenvalue weighted by atomic mass is 16.5. The lowest BCUT2D eigenvalue weighted by Crippen LogP contribution is -2.54. The molecule has 2 heterocycles. The number of fused-ring (bicyclic) bond motifs is 1. The van der Waals surface area contributed by atoms with Gasteiger partial charge < -0.3 is 25.3 Å². The normalized spacial score (nSPS) is 14.8. The topological polar surface area (TPSA) is 246 Å². The van der Waals surface area contributed by atoms with Gasteiger partial charge in [0, 0.05) is 36.4 Å². The van der Waals surface area contributed by atoms with Crippen molar-refractivity contribution in [1.29, 1.82) is 0 Å². The van der Waals surface area contributed by atoms with Gasteiger partial charge in [0.25, 0.3) is 23.6 Å². The maximum absolute atomic E-state index is 13.4. The van der Waals surface area contributed by atoms with Crippen LogP contribution in [-0.4, -0.2) is 102 Å². The first-order chi connectivity index (χ1) is 27.3. The number of imide groups is 3. The molecule has 4 rings (SSSR count). The van der Waals surface area contributed by atoms with Crippen LogP contribution < -0.4 is 25.8 Å². The second-order valence-corrected chi connectivity index (χ2v) is 12.9. The first-order valence-corrected chi connectivity index (χ1v) is 18.7. The van der Waals surface area contributed by atoms with Crippen LogP contribution in [0.15, 0.2) is 36.4 Å².